The second-order valence-corrected chi connectivity index (χ2v) is 6.23. The number of rotatable bonds is 3. The van der Waals surface area contributed by atoms with Crippen LogP contribution in [0, 0.1) is 6.92 Å². The van der Waals surface area contributed by atoms with Gasteiger partial charge in [-0.25, -0.2) is 4.98 Å². The Labute approximate surface area is 123 Å². The quantitative estimate of drug-likeness (QED) is 0.839. The first-order valence-corrected chi connectivity index (χ1v) is 8.25. The molecule has 20 heavy (non-hydrogen) atoms. The number of hydrogen-bond donors (Lipinski definition) is 0. The van der Waals surface area contributed by atoms with Crippen molar-refractivity contribution in [3.8, 4) is 0 Å². The summed E-state index contributed by atoms with van der Waals surface area (Å²) in [4.78, 5) is 9.81. The maximum atomic E-state index is 4.78. The van der Waals surface area contributed by atoms with Gasteiger partial charge in [-0.3, -0.25) is 4.90 Å². The van der Waals surface area contributed by atoms with E-state index in [1.807, 2.05) is 0 Å². The Hall–Kier alpha value is -1.09. The molecule has 3 rings (SSSR count). The molecule has 1 aromatic heterocycles. The number of pyridine rings is 1. The van der Waals surface area contributed by atoms with Crippen LogP contribution in [-0.2, 0) is 0 Å². The van der Waals surface area contributed by atoms with Crippen molar-refractivity contribution in [3.63, 3.8) is 0 Å². The lowest BCUT2D eigenvalue weighted by Gasteiger charge is -2.29. The molecule has 3 nitrogen and oxygen atoms in total. The van der Waals surface area contributed by atoms with Gasteiger partial charge in [0.1, 0.15) is 5.82 Å². The standard InChI is InChI=1S/C17H27N3/c1-3-19-11-7-8-16(19)15-13-18-17(12-14(15)2)20-9-5-4-6-10-20/h12-13,16H,3-11H2,1-2H3/t16-/m0/s1. The molecule has 0 radical (unpaired) electrons. The number of hydrogen-bond acceptors (Lipinski definition) is 3. The lowest BCUT2D eigenvalue weighted by atomic mass is 10.0. The van der Waals surface area contributed by atoms with Crippen molar-refractivity contribution < 1.29 is 0 Å². The van der Waals surface area contributed by atoms with Gasteiger partial charge in [-0.15, -0.1) is 0 Å². The fourth-order valence-corrected chi connectivity index (χ4v) is 3.75. The van der Waals surface area contributed by atoms with Crippen molar-refractivity contribution in [2.24, 2.45) is 0 Å². The number of piperidine rings is 1. The van der Waals surface area contributed by atoms with Crippen LogP contribution >= 0.6 is 0 Å². The molecule has 110 valence electrons. The van der Waals surface area contributed by atoms with Crippen molar-refractivity contribution >= 4 is 5.82 Å². The third kappa shape index (κ3) is 2.69. The third-order valence-electron chi connectivity index (χ3n) is 4.95. The molecule has 1 atom stereocenters. The minimum atomic E-state index is 0.600. The van der Waals surface area contributed by atoms with Crippen molar-refractivity contribution in [2.75, 3.05) is 31.1 Å². The number of nitrogens with zero attached hydrogens (tertiary/aromatic N) is 3. The average Bonchev–Trinajstić information content (AvgIpc) is 2.96. The summed E-state index contributed by atoms with van der Waals surface area (Å²) in [7, 11) is 0. The average molecular weight is 273 g/mol. The van der Waals surface area contributed by atoms with Crippen molar-refractivity contribution in [1.82, 2.24) is 9.88 Å². The third-order valence-corrected chi connectivity index (χ3v) is 4.95. The molecule has 2 aliphatic heterocycles. The van der Waals surface area contributed by atoms with Gasteiger partial charge in [0.2, 0.25) is 0 Å². The first-order chi connectivity index (χ1) is 9.79. The molecule has 3 heteroatoms. The Morgan fingerprint density at radius 1 is 1.15 bits per heavy atom. The molecule has 2 fully saturated rings. The van der Waals surface area contributed by atoms with E-state index in [2.05, 4.69) is 35.9 Å². The highest BCUT2D eigenvalue weighted by Crippen LogP contribution is 2.34. The Bertz CT molecular complexity index is 452. The predicted molar refractivity (Wildman–Crippen MR) is 84.3 cm³/mol. The number of anilines is 1. The molecule has 0 N–H and O–H groups in total. The second kappa shape index (κ2) is 6.13. The van der Waals surface area contributed by atoms with Crippen LogP contribution in [0.2, 0.25) is 0 Å². The first kappa shape index (κ1) is 13.9. The summed E-state index contributed by atoms with van der Waals surface area (Å²) in [5, 5.41) is 0. The van der Waals surface area contributed by atoms with E-state index in [1.54, 1.807) is 0 Å². The van der Waals surface area contributed by atoms with Crippen molar-refractivity contribution in [1.29, 1.82) is 0 Å². The minimum Gasteiger partial charge on any atom is -0.357 e. The van der Waals surface area contributed by atoms with Gasteiger partial charge < -0.3 is 4.90 Å². The van der Waals surface area contributed by atoms with Gasteiger partial charge in [0.25, 0.3) is 0 Å². The fourth-order valence-electron chi connectivity index (χ4n) is 3.75. The van der Waals surface area contributed by atoms with Crippen LogP contribution in [-0.4, -0.2) is 36.1 Å². The van der Waals surface area contributed by atoms with E-state index in [4.69, 9.17) is 4.98 Å². The lowest BCUT2D eigenvalue weighted by molar-refractivity contribution is 0.270. The largest absolute Gasteiger partial charge is 0.357 e. The van der Waals surface area contributed by atoms with Gasteiger partial charge >= 0.3 is 0 Å². The van der Waals surface area contributed by atoms with Gasteiger partial charge in [-0.05, 0) is 69.3 Å². The van der Waals surface area contributed by atoms with Crippen LogP contribution in [0.1, 0.15) is 56.2 Å². The molecule has 0 bridgehead atoms. The maximum Gasteiger partial charge on any atom is 0.128 e. The number of aromatic nitrogens is 1. The molecule has 2 saturated heterocycles. The van der Waals surface area contributed by atoms with Gasteiger partial charge in [-0.2, -0.15) is 0 Å². The molecule has 2 aliphatic rings. The van der Waals surface area contributed by atoms with Crippen LogP contribution in [0.3, 0.4) is 0 Å². The zero-order valence-electron chi connectivity index (χ0n) is 12.9. The maximum absolute atomic E-state index is 4.78. The van der Waals surface area contributed by atoms with E-state index in [0.717, 1.165) is 6.54 Å². The molecule has 0 saturated carbocycles. The minimum absolute atomic E-state index is 0.600. The Balaban J connectivity index is 1.80. The normalized spacial score (nSPS) is 24.3. The molecule has 1 aromatic rings. The molecular weight excluding hydrogens is 246 g/mol. The van der Waals surface area contributed by atoms with E-state index in [0.29, 0.717) is 6.04 Å². The summed E-state index contributed by atoms with van der Waals surface area (Å²) in [6, 6.07) is 2.91. The zero-order chi connectivity index (χ0) is 13.9. The van der Waals surface area contributed by atoms with E-state index in [-0.39, 0.29) is 0 Å². The van der Waals surface area contributed by atoms with Gasteiger partial charge in [0, 0.05) is 25.3 Å². The summed E-state index contributed by atoms with van der Waals surface area (Å²) >= 11 is 0. The van der Waals surface area contributed by atoms with E-state index in [1.165, 1.54) is 68.7 Å². The number of aryl methyl sites for hydroxylation is 1. The Kier molecular flexibility index (Phi) is 4.25. The zero-order valence-corrected chi connectivity index (χ0v) is 12.9. The van der Waals surface area contributed by atoms with Crippen molar-refractivity contribution in [3.05, 3.63) is 23.4 Å². The molecule has 0 amide bonds. The van der Waals surface area contributed by atoms with Crippen LogP contribution < -0.4 is 4.90 Å². The fraction of sp³-hybridized carbons (Fsp3) is 0.706. The van der Waals surface area contributed by atoms with Crippen LogP contribution in [0.15, 0.2) is 12.3 Å². The summed E-state index contributed by atoms with van der Waals surface area (Å²) in [6.07, 6.45) is 8.77. The number of likely N-dealkylation sites (tertiary alicyclic amines) is 1. The van der Waals surface area contributed by atoms with Gasteiger partial charge in [-0.1, -0.05) is 6.92 Å². The highest BCUT2D eigenvalue weighted by atomic mass is 15.2. The highest BCUT2D eigenvalue weighted by Gasteiger charge is 2.26. The molecule has 0 spiro atoms. The Morgan fingerprint density at radius 2 is 1.95 bits per heavy atom. The summed E-state index contributed by atoms with van der Waals surface area (Å²) in [6.45, 7) is 9.28. The molecule has 0 unspecified atom stereocenters. The first-order valence-electron chi connectivity index (χ1n) is 8.25. The van der Waals surface area contributed by atoms with Crippen LogP contribution in [0.4, 0.5) is 5.82 Å². The monoisotopic (exact) mass is 273 g/mol. The molecule has 0 aromatic carbocycles. The second-order valence-electron chi connectivity index (χ2n) is 6.23. The van der Waals surface area contributed by atoms with E-state index in [9.17, 15) is 0 Å². The van der Waals surface area contributed by atoms with Gasteiger partial charge in [0.15, 0.2) is 0 Å². The van der Waals surface area contributed by atoms with Gasteiger partial charge in [0.05, 0.1) is 0 Å². The molecular formula is C17H27N3. The van der Waals surface area contributed by atoms with Crippen LogP contribution in [0.25, 0.3) is 0 Å². The predicted octanol–water partition coefficient (Wildman–Crippen LogP) is 3.54. The summed E-state index contributed by atoms with van der Waals surface area (Å²) in [5.74, 6) is 1.19. The Morgan fingerprint density at radius 3 is 2.65 bits per heavy atom. The summed E-state index contributed by atoms with van der Waals surface area (Å²) < 4.78 is 0. The van der Waals surface area contributed by atoms with E-state index >= 15 is 0 Å². The molecule has 3 heterocycles. The lowest BCUT2D eigenvalue weighted by Crippen LogP contribution is -2.30. The van der Waals surface area contributed by atoms with Crippen molar-refractivity contribution in [2.45, 2.75) is 52.0 Å². The smallest absolute Gasteiger partial charge is 0.128 e. The van der Waals surface area contributed by atoms with E-state index < -0.39 is 0 Å². The van der Waals surface area contributed by atoms with Crippen LogP contribution in [0.5, 0.6) is 0 Å². The topological polar surface area (TPSA) is 19.4 Å². The SMILES string of the molecule is CCN1CCC[C@H]1c1cnc(N2CCCCC2)cc1C. The molecule has 0 aliphatic carbocycles. The highest BCUT2D eigenvalue weighted by molar-refractivity contribution is 5.44. The summed E-state index contributed by atoms with van der Waals surface area (Å²) in [5.41, 5.74) is 2.87.